The average molecular weight is 321 g/mol. The van der Waals surface area contributed by atoms with E-state index in [1.165, 1.54) is 11.8 Å². The van der Waals surface area contributed by atoms with E-state index in [2.05, 4.69) is 0 Å². The van der Waals surface area contributed by atoms with Gasteiger partial charge in [-0.25, -0.2) is 0 Å². The number of aryl methyl sites for hydroxylation is 1. The maximum absolute atomic E-state index is 11.5. The van der Waals surface area contributed by atoms with Crippen molar-refractivity contribution in [2.75, 3.05) is 0 Å². The van der Waals surface area contributed by atoms with Gasteiger partial charge in [-0.2, -0.15) is 0 Å². The van der Waals surface area contributed by atoms with Gasteiger partial charge < -0.3 is 5.11 Å². The second-order valence-electron chi connectivity index (χ2n) is 4.99. The third kappa shape index (κ3) is 4.26. The van der Waals surface area contributed by atoms with Crippen molar-refractivity contribution in [3.8, 4) is 0 Å². The fourth-order valence-corrected chi connectivity index (χ4v) is 3.21. The Labute approximate surface area is 134 Å². The van der Waals surface area contributed by atoms with Gasteiger partial charge in [0.15, 0.2) is 0 Å². The number of carbonyl (C=O) groups is 1. The number of carboxylic acid groups (broad SMARTS) is 1. The Morgan fingerprint density at radius 1 is 1.19 bits per heavy atom. The summed E-state index contributed by atoms with van der Waals surface area (Å²) in [6.07, 6.45) is 0.459. The Morgan fingerprint density at radius 2 is 1.86 bits per heavy atom. The fourth-order valence-electron chi connectivity index (χ4n) is 2.03. The summed E-state index contributed by atoms with van der Waals surface area (Å²) in [5.74, 6) is -0.806. The summed E-state index contributed by atoms with van der Waals surface area (Å²) in [4.78, 5) is 12.5. The minimum absolute atomic E-state index is 0.459. The SMILES string of the molecule is Cc1ccc(SC(Cc2cccc(Cl)c2C)C(=O)O)cc1. The van der Waals surface area contributed by atoms with Gasteiger partial charge in [0.25, 0.3) is 0 Å². The monoisotopic (exact) mass is 320 g/mol. The normalized spacial score (nSPS) is 12.1. The second-order valence-corrected chi connectivity index (χ2v) is 6.67. The number of aliphatic carboxylic acids is 1. The van der Waals surface area contributed by atoms with E-state index in [0.717, 1.165) is 21.6 Å². The molecular formula is C17H17ClO2S. The summed E-state index contributed by atoms with van der Waals surface area (Å²) >= 11 is 7.47. The van der Waals surface area contributed by atoms with E-state index in [0.29, 0.717) is 11.4 Å². The van der Waals surface area contributed by atoms with E-state index in [9.17, 15) is 9.90 Å². The maximum atomic E-state index is 11.5. The summed E-state index contributed by atoms with van der Waals surface area (Å²) < 4.78 is 0. The molecule has 1 N–H and O–H groups in total. The van der Waals surface area contributed by atoms with Crippen molar-refractivity contribution in [2.24, 2.45) is 0 Å². The molecule has 0 aliphatic carbocycles. The molecule has 2 rings (SSSR count). The molecular weight excluding hydrogens is 304 g/mol. The Hall–Kier alpha value is -1.45. The van der Waals surface area contributed by atoms with Crippen LogP contribution < -0.4 is 0 Å². The number of thioether (sulfide) groups is 1. The molecule has 21 heavy (non-hydrogen) atoms. The summed E-state index contributed by atoms with van der Waals surface area (Å²) in [5, 5.41) is 9.61. The highest BCUT2D eigenvalue weighted by atomic mass is 35.5. The van der Waals surface area contributed by atoms with Gasteiger partial charge in [-0.15, -0.1) is 11.8 Å². The molecule has 0 amide bonds. The zero-order chi connectivity index (χ0) is 15.4. The number of halogens is 1. The maximum Gasteiger partial charge on any atom is 0.317 e. The molecule has 0 heterocycles. The summed E-state index contributed by atoms with van der Waals surface area (Å²) in [7, 11) is 0. The van der Waals surface area contributed by atoms with Crippen molar-refractivity contribution >= 4 is 29.3 Å². The first-order chi connectivity index (χ1) is 9.97. The van der Waals surface area contributed by atoms with Crippen LogP contribution in [0.5, 0.6) is 0 Å². The van der Waals surface area contributed by atoms with Gasteiger partial charge in [-0.05, 0) is 49.6 Å². The molecule has 2 aromatic rings. The summed E-state index contributed by atoms with van der Waals surface area (Å²) in [6, 6.07) is 13.5. The lowest BCUT2D eigenvalue weighted by Crippen LogP contribution is -2.19. The predicted octanol–water partition coefficient (Wildman–Crippen LogP) is 4.74. The van der Waals surface area contributed by atoms with E-state index in [1.54, 1.807) is 0 Å². The van der Waals surface area contributed by atoms with Crippen LogP contribution in [0.2, 0.25) is 5.02 Å². The first-order valence-electron chi connectivity index (χ1n) is 6.67. The van der Waals surface area contributed by atoms with Gasteiger partial charge in [0, 0.05) is 9.92 Å². The Balaban J connectivity index is 2.18. The Kier molecular flexibility index (Phi) is 5.32. The van der Waals surface area contributed by atoms with E-state index in [-0.39, 0.29) is 0 Å². The van der Waals surface area contributed by atoms with E-state index < -0.39 is 11.2 Å². The van der Waals surface area contributed by atoms with Crippen LogP contribution in [0.4, 0.5) is 0 Å². The molecule has 0 aliphatic rings. The van der Waals surface area contributed by atoms with Gasteiger partial charge in [0.05, 0.1) is 0 Å². The summed E-state index contributed by atoms with van der Waals surface area (Å²) in [5.41, 5.74) is 3.10. The fraction of sp³-hybridized carbons (Fsp3) is 0.235. The number of hydrogen-bond donors (Lipinski definition) is 1. The lowest BCUT2D eigenvalue weighted by molar-refractivity contribution is -0.136. The predicted molar refractivity (Wildman–Crippen MR) is 88.4 cm³/mol. The molecule has 110 valence electrons. The van der Waals surface area contributed by atoms with Crippen LogP contribution in [-0.2, 0) is 11.2 Å². The quantitative estimate of drug-likeness (QED) is 0.808. The number of benzene rings is 2. The molecule has 0 aliphatic heterocycles. The second kappa shape index (κ2) is 7.01. The molecule has 0 saturated heterocycles. The zero-order valence-corrected chi connectivity index (χ0v) is 13.5. The van der Waals surface area contributed by atoms with Crippen molar-refractivity contribution in [3.05, 3.63) is 64.2 Å². The van der Waals surface area contributed by atoms with Crippen LogP contribution in [0.25, 0.3) is 0 Å². The number of carboxylic acids is 1. The molecule has 2 aromatic carbocycles. The van der Waals surface area contributed by atoms with Gasteiger partial charge in [-0.1, -0.05) is 41.4 Å². The standard InChI is InChI=1S/C17H17ClO2S/c1-11-6-8-14(9-7-11)21-16(17(19)20)10-13-4-3-5-15(18)12(13)2/h3-9,16H,10H2,1-2H3,(H,19,20). The number of hydrogen-bond acceptors (Lipinski definition) is 2. The summed E-state index contributed by atoms with van der Waals surface area (Å²) in [6.45, 7) is 3.94. The first kappa shape index (κ1) is 15.9. The lowest BCUT2D eigenvalue weighted by atomic mass is 10.0. The van der Waals surface area contributed by atoms with Gasteiger partial charge >= 0.3 is 5.97 Å². The minimum Gasteiger partial charge on any atom is -0.480 e. The highest BCUT2D eigenvalue weighted by Crippen LogP contribution is 2.28. The molecule has 0 spiro atoms. The third-order valence-electron chi connectivity index (χ3n) is 3.36. The van der Waals surface area contributed by atoms with Gasteiger partial charge in [-0.3, -0.25) is 4.79 Å². The van der Waals surface area contributed by atoms with Gasteiger partial charge in [0.2, 0.25) is 0 Å². The third-order valence-corrected chi connectivity index (χ3v) is 4.97. The highest BCUT2D eigenvalue weighted by Gasteiger charge is 2.20. The van der Waals surface area contributed by atoms with Gasteiger partial charge in [0.1, 0.15) is 5.25 Å². The largest absolute Gasteiger partial charge is 0.480 e. The van der Waals surface area contributed by atoms with Crippen LogP contribution in [0, 0.1) is 13.8 Å². The molecule has 0 aromatic heterocycles. The Morgan fingerprint density at radius 3 is 2.48 bits per heavy atom. The van der Waals surface area contributed by atoms with E-state index in [1.807, 2.05) is 56.3 Å². The molecule has 0 saturated carbocycles. The average Bonchev–Trinajstić information content (AvgIpc) is 2.45. The van der Waals surface area contributed by atoms with Crippen molar-refractivity contribution in [3.63, 3.8) is 0 Å². The smallest absolute Gasteiger partial charge is 0.317 e. The molecule has 2 nitrogen and oxygen atoms in total. The van der Waals surface area contributed by atoms with Crippen molar-refractivity contribution in [1.29, 1.82) is 0 Å². The van der Waals surface area contributed by atoms with Crippen molar-refractivity contribution in [1.82, 2.24) is 0 Å². The van der Waals surface area contributed by atoms with Crippen molar-refractivity contribution in [2.45, 2.75) is 30.4 Å². The lowest BCUT2D eigenvalue weighted by Gasteiger charge is -2.14. The minimum atomic E-state index is -0.806. The van der Waals surface area contributed by atoms with Crippen LogP contribution in [0.15, 0.2) is 47.4 Å². The van der Waals surface area contributed by atoms with E-state index in [4.69, 9.17) is 11.6 Å². The van der Waals surface area contributed by atoms with Crippen LogP contribution in [0.3, 0.4) is 0 Å². The van der Waals surface area contributed by atoms with Crippen molar-refractivity contribution < 1.29 is 9.90 Å². The molecule has 1 atom stereocenters. The van der Waals surface area contributed by atoms with Crippen LogP contribution in [-0.4, -0.2) is 16.3 Å². The molecule has 1 unspecified atom stereocenters. The molecule has 4 heteroatoms. The van der Waals surface area contributed by atoms with Crippen LogP contribution in [0.1, 0.15) is 16.7 Å². The number of rotatable bonds is 5. The topological polar surface area (TPSA) is 37.3 Å². The zero-order valence-electron chi connectivity index (χ0n) is 12.0. The first-order valence-corrected chi connectivity index (χ1v) is 7.93. The van der Waals surface area contributed by atoms with Crippen LogP contribution >= 0.6 is 23.4 Å². The highest BCUT2D eigenvalue weighted by molar-refractivity contribution is 8.00. The Bertz CT molecular complexity index is 638. The van der Waals surface area contributed by atoms with E-state index >= 15 is 0 Å². The molecule has 0 bridgehead atoms. The molecule has 0 radical (unpaired) electrons. The molecule has 0 fully saturated rings.